The van der Waals surface area contributed by atoms with Crippen molar-refractivity contribution in [2.75, 3.05) is 5.73 Å². The van der Waals surface area contributed by atoms with E-state index in [9.17, 15) is 24.6 Å². The molecule has 0 unspecified atom stereocenters. The van der Waals surface area contributed by atoms with Crippen molar-refractivity contribution < 1.29 is 29.3 Å². The number of benzene rings is 1. The molecule has 0 bridgehead atoms. The largest absolute Gasteiger partial charge is 0.478 e. The summed E-state index contributed by atoms with van der Waals surface area (Å²) in [5.74, 6) is -3.95. The van der Waals surface area contributed by atoms with Crippen molar-refractivity contribution in [3.63, 3.8) is 0 Å². The van der Waals surface area contributed by atoms with Gasteiger partial charge in [0, 0.05) is 5.69 Å². The van der Waals surface area contributed by atoms with Gasteiger partial charge in [0.1, 0.15) is 5.60 Å². The summed E-state index contributed by atoms with van der Waals surface area (Å²) >= 11 is 0. The number of nitrogens with two attached hydrogens (primary N) is 1. The number of rotatable bonds is 3. The molecule has 0 aliphatic carbocycles. The van der Waals surface area contributed by atoms with Gasteiger partial charge in [0.15, 0.2) is 0 Å². The molecule has 1 aromatic rings. The summed E-state index contributed by atoms with van der Waals surface area (Å²) in [7, 11) is 0. The van der Waals surface area contributed by atoms with Gasteiger partial charge >= 0.3 is 17.9 Å². The highest BCUT2D eigenvalue weighted by Gasteiger charge is 2.31. The summed E-state index contributed by atoms with van der Waals surface area (Å²) in [4.78, 5) is 34.8. The van der Waals surface area contributed by atoms with Gasteiger partial charge in [-0.2, -0.15) is 0 Å². The average Bonchev–Trinajstić information content (AvgIpc) is 2.28. The summed E-state index contributed by atoms with van der Waals surface area (Å²) < 4.78 is 5.08. The topological polar surface area (TPSA) is 127 Å². The molecular weight excluding hydrogens is 278 g/mol. The molecule has 0 atom stereocenters. The van der Waals surface area contributed by atoms with Crippen molar-refractivity contribution in [1.82, 2.24) is 0 Å². The first-order chi connectivity index (χ1) is 9.45. The number of carboxylic acids is 2. The molecule has 0 aromatic heterocycles. The Morgan fingerprint density at radius 3 is 2.00 bits per heavy atom. The van der Waals surface area contributed by atoms with E-state index in [0.717, 1.165) is 6.07 Å². The Morgan fingerprint density at radius 2 is 1.62 bits per heavy atom. The summed E-state index contributed by atoms with van der Waals surface area (Å²) in [6, 6.07) is 1.16. The quantitative estimate of drug-likeness (QED) is 0.574. The Kier molecular flexibility index (Phi) is 4.26. The van der Waals surface area contributed by atoms with Crippen LogP contribution in [0.3, 0.4) is 0 Å². The van der Waals surface area contributed by atoms with Crippen LogP contribution in [0.25, 0.3) is 0 Å². The molecule has 0 aliphatic rings. The highest BCUT2D eigenvalue weighted by Crippen LogP contribution is 2.27. The van der Waals surface area contributed by atoms with E-state index in [0.29, 0.717) is 0 Å². The third-order valence-electron chi connectivity index (χ3n) is 2.62. The first kappa shape index (κ1) is 16.5. The molecule has 0 spiro atoms. The van der Waals surface area contributed by atoms with E-state index in [-0.39, 0.29) is 11.3 Å². The number of anilines is 1. The van der Waals surface area contributed by atoms with Crippen LogP contribution in [0.15, 0.2) is 6.07 Å². The first-order valence-corrected chi connectivity index (χ1v) is 6.08. The van der Waals surface area contributed by atoms with Gasteiger partial charge in [0.25, 0.3) is 0 Å². The molecule has 7 heteroatoms. The van der Waals surface area contributed by atoms with Crippen molar-refractivity contribution in [3.05, 3.63) is 28.3 Å². The van der Waals surface area contributed by atoms with Gasteiger partial charge in [0.2, 0.25) is 0 Å². The fraction of sp³-hybridized carbons (Fsp3) is 0.357. The minimum atomic E-state index is -1.49. The number of aromatic carboxylic acids is 2. The molecule has 1 aromatic carbocycles. The van der Waals surface area contributed by atoms with Crippen molar-refractivity contribution in [2.24, 2.45) is 0 Å². The Morgan fingerprint density at radius 1 is 1.10 bits per heavy atom. The van der Waals surface area contributed by atoms with E-state index < -0.39 is 40.2 Å². The maximum Gasteiger partial charge on any atom is 0.340 e. The van der Waals surface area contributed by atoms with Crippen LogP contribution in [0.5, 0.6) is 0 Å². The van der Waals surface area contributed by atoms with Crippen molar-refractivity contribution in [2.45, 2.75) is 33.3 Å². The van der Waals surface area contributed by atoms with Gasteiger partial charge in [-0.3, -0.25) is 0 Å². The fourth-order valence-electron chi connectivity index (χ4n) is 1.76. The molecule has 1 rings (SSSR count). The maximum absolute atomic E-state index is 12.2. The summed E-state index contributed by atoms with van der Waals surface area (Å²) in [5.41, 5.74) is 3.32. The van der Waals surface area contributed by atoms with Crippen LogP contribution in [0.4, 0.5) is 5.69 Å². The molecule has 0 fully saturated rings. The lowest BCUT2D eigenvalue weighted by atomic mass is 9.95. The minimum absolute atomic E-state index is 0.159. The molecule has 21 heavy (non-hydrogen) atoms. The SMILES string of the molecule is Cc1cc(C(=O)O)c(C(=O)OC(C)(C)C)c(C(=O)O)c1N. The van der Waals surface area contributed by atoms with Crippen LogP contribution < -0.4 is 5.73 Å². The Bertz CT molecular complexity index is 627. The predicted molar refractivity (Wildman–Crippen MR) is 74.7 cm³/mol. The number of nitrogen functional groups attached to an aromatic ring is 1. The van der Waals surface area contributed by atoms with Crippen LogP contribution in [-0.4, -0.2) is 33.7 Å². The van der Waals surface area contributed by atoms with E-state index in [1.807, 2.05) is 0 Å². The number of hydrogen-bond acceptors (Lipinski definition) is 5. The summed E-state index contributed by atoms with van der Waals surface area (Å²) in [6.07, 6.45) is 0. The zero-order valence-electron chi connectivity index (χ0n) is 12.2. The third kappa shape index (κ3) is 3.50. The molecule has 4 N–H and O–H groups in total. The lowest BCUT2D eigenvalue weighted by Gasteiger charge is -2.21. The molecule has 0 radical (unpaired) electrons. The molecule has 0 saturated carbocycles. The standard InChI is InChI=1S/C14H17NO6/c1-6-5-7(11(16)17)8(9(10(6)15)12(18)19)13(20)21-14(2,3)4/h5H,15H2,1-4H3,(H,16,17)(H,18,19). The first-order valence-electron chi connectivity index (χ1n) is 6.08. The predicted octanol–water partition coefficient (Wildman–Crippen LogP) is 1.93. The Balaban J connectivity index is 3.67. The second-order valence-corrected chi connectivity index (χ2v) is 5.52. The van der Waals surface area contributed by atoms with E-state index in [1.165, 1.54) is 6.92 Å². The van der Waals surface area contributed by atoms with Gasteiger partial charge in [0.05, 0.1) is 16.7 Å². The van der Waals surface area contributed by atoms with E-state index in [4.69, 9.17) is 10.5 Å². The van der Waals surface area contributed by atoms with Gasteiger partial charge in [-0.15, -0.1) is 0 Å². The normalized spacial score (nSPS) is 11.0. The number of esters is 1. The highest BCUT2D eigenvalue weighted by atomic mass is 16.6. The maximum atomic E-state index is 12.2. The van der Waals surface area contributed by atoms with Gasteiger partial charge < -0.3 is 20.7 Å². The summed E-state index contributed by atoms with van der Waals surface area (Å²) in [6.45, 7) is 6.23. The van der Waals surface area contributed by atoms with E-state index >= 15 is 0 Å². The Hall–Kier alpha value is -2.57. The minimum Gasteiger partial charge on any atom is -0.478 e. The molecule has 0 saturated heterocycles. The zero-order valence-corrected chi connectivity index (χ0v) is 12.2. The Labute approximate surface area is 121 Å². The number of ether oxygens (including phenoxy) is 1. The second kappa shape index (κ2) is 5.43. The number of aryl methyl sites for hydroxylation is 1. The number of carbonyl (C=O) groups excluding carboxylic acids is 1. The fourth-order valence-corrected chi connectivity index (χ4v) is 1.76. The van der Waals surface area contributed by atoms with Gasteiger partial charge in [-0.05, 0) is 39.3 Å². The van der Waals surface area contributed by atoms with Crippen molar-refractivity contribution >= 4 is 23.6 Å². The number of carboxylic acid groups (broad SMARTS) is 2. The number of carbonyl (C=O) groups is 3. The lowest BCUT2D eigenvalue weighted by Crippen LogP contribution is -2.27. The van der Waals surface area contributed by atoms with Crippen LogP contribution >= 0.6 is 0 Å². The molecule has 0 aliphatic heterocycles. The third-order valence-corrected chi connectivity index (χ3v) is 2.62. The van der Waals surface area contributed by atoms with Crippen LogP contribution in [0, 0.1) is 6.92 Å². The number of hydrogen-bond donors (Lipinski definition) is 3. The molecule has 114 valence electrons. The average molecular weight is 295 g/mol. The van der Waals surface area contributed by atoms with Crippen LogP contribution in [0.1, 0.15) is 57.4 Å². The lowest BCUT2D eigenvalue weighted by molar-refractivity contribution is 0.00623. The van der Waals surface area contributed by atoms with Crippen molar-refractivity contribution in [3.8, 4) is 0 Å². The smallest absolute Gasteiger partial charge is 0.340 e. The van der Waals surface area contributed by atoms with Crippen LogP contribution in [0.2, 0.25) is 0 Å². The van der Waals surface area contributed by atoms with E-state index in [1.54, 1.807) is 20.8 Å². The second-order valence-electron chi connectivity index (χ2n) is 5.52. The molecule has 0 amide bonds. The molecule has 0 heterocycles. The van der Waals surface area contributed by atoms with Gasteiger partial charge in [-0.25, -0.2) is 14.4 Å². The summed E-state index contributed by atoms with van der Waals surface area (Å²) in [5, 5.41) is 18.4. The highest BCUT2D eigenvalue weighted by molar-refractivity contribution is 6.12. The molecular formula is C14H17NO6. The van der Waals surface area contributed by atoms with Crippen molar-refractivity contribution in [1.29, 1.82) is 0 Å². The van der Waals surface area contributed by atoms with Crippen LogP contribution in [-0.2, 0) is 4.74 Å². The van der Waals surface area contributed by atoms with E-state index in [2.05, 4.69) is 0 Å². The van der Waals surface area contributed by atoms with Gasteiger partial charge in [-0.1, -0.05) is 0 Å². The monoisotopic (exact) mass is 295 g/mol. The zero-order chi connectivity index (χ0) is 16.5. The molecule has 7 nitrogen and oxygen atoms in total.